The number of benzene rings is 1. The number of sulfone groups is 1. The van der Waals surface area contributed by atoms with Crippen LogP contribution in [0.15, 0.2) is 29.8 Å². The number of carbonyl (C=O) groups is 1. The third-order valence-corrected chi connectivity index (χ3v) is 9.40. The second kappa shape index (κ2) is 9.21. The van der Waals surface area contributed by atoms with Crippen molar-refractivity contribution >= 4 is 38.0 Å². The number of amides is 1. The zero-order valence-corrected chi connectivity index (χ0v) is 20.1. The number of nitrogens with two attached hydrogens (primary N) is 1. The topological polar surface area (TPSA) is 105 Å². The van der Waals surface area contributed by atoms with Crippen molar-refractivity contribution in [2.75, 3.05) is 37.8 Å². The lowest BCUT2D eigenvalue weighted by Gasteiger charge is -2.21. The highest BCUT2D eigenvalue weighted by atomic mass is 32.2. The molecular weight excluding hydrogens is 458 g/mol. The van der Waals surface area contributed by atoms with Gasteiger partial charge < -0.3 is 15.5 Å². The van der Waals surface area contributed by atoms with Crippen LogP contribution in [0.5, 0.6) is 0 Å². The van der Waals surface area contributed by atoms with Crippen molar-refractivity contribution in [3.63, 3.8) is 0 Å². The predicted octanol–water partition coefficient (Wildman–Crippen LogP) is 3.51. The highest BCUT2D eigenvalue weighted by molar-refractivity contribution is 7.91. The third kappa shape index (κ3) is 4.87. The minimum absolute atomic E-state index is 0.154. The van der Waals surface area contributed by atoms with Crippen LogP contribution in [0.3, 0.4) is 0 Å². The number of aromatic amines is 1. The first-order valence-electron chi connectivity index (χ1n) is 11.4. The molecule has 0 aliphatic carbocycles. The molecule has 7 nitrogen and oxygen atoms in total. The number of rotatable bonds is 5. The maximum Gasteiger partial charge on any atom is 0.250 e. The molecule has 2 aromatic heterocycles. The molecule has 3 N–H and O–H groups in total. The number of nitrogens with zero attached hydrogens (tertiary/aromatic N) is 1. The molecule has 4 heterocycles. The summed E-state index contributed by atoms with van der Waals surface area (Å²) in [5.41, 5.74) is 10.0. The molecule has 2 aliphatic heterocycles. The van der Waals surface area contributed by atoms with E-state index in [1.54, 1.807) is 11.3 Å². The van der Waals surface area contributed by atoms with Gasteiger partial charge in [-0.05, 0) is 65.4 Å². The largest absolute Gasteiger partial charge is 0.380 e. The van der Waals surface area contributed by atoms with Crippen LogP contribution in [-0.2, 0) is 21.1 Å². The van der Waals surface area contributed by atoms with E-state index in [1.165, 1.54) is 4.88 Å². The fraction of sp³-hybridized carbons (Fsp3) is 0.458. The van der Waals surface area contributed by atoms with E-state index in [0.717, 1.165) is 66.9 Å². The van der Waals surface area contributed by atoms with Gasteiger partial charge in [0, 0.05) is 42.7 Å². The Morgan fingerprint density at radius 1 is 1.15 bits per heavy atom. The zero-order valence-electron chi connectivity index (χ0n) is 18.5. The number of carbonyl (C=O) groups excluding carboxylic acids is 1. The average molecular weight is 488 g/mol. The van der Waals surface area contributed by atoms with E-state index in [9.17, 15) is 13.2 Å². The van der Waals surface area contributed by atoms with Crippen molar-refractivity contribution in [2.24, 2.45) is 5.73 Å². The van der Waals surface area contributed by atoms with Crippen molar-refractivity contribution in [2.45, 2.75) is 31.7 Å². The second-order valence-corrected chi connectivity index (χ2v) is 12.3. The number of ether oxygens (including phenoxy) is 1. The second-order valence-electron chi connectivity index (χ2n) is 9.02. The number of primary amides is 1. The van der Waals surface area contributed by atoms with Crippen LogP contribution < -0.4 is 5.73 Å². The molecule has 5 rings (SSSR count). The molecule has 0 radical (unpaired) electrons. The van der Waals surface area contributed by atoms with Crippen LogP contribution >= 0.6 is 11.3 Å². The van der Waals surface area contributed by atoms with E-state index in [2.05, 4.69) is 27.4 Å². The highest BCUT2D eigenvalue weighted by Gasteiger charge is 2.27. The molecule has 3 aromatic rings. The van der Waals surface area contributed by atoms with Crippen LogP contribution in [0.25, 0.3) is 22.0 Å². The van der Waals surface area contributed by atoms with Crippen molar-refractivity contribution in [3.05, 3.63) is 45.8 Å². The lowest BCUT2D eigenvalue weighted by atomic mass is 9.91. The molecule has 2 aliphatic rings. The lowest BCUT2D eigenvalue weighted by molar-refractivity contribution is 0.100. The van der Waals surface area contributed by atoms with Crippen LogP contribution in [-0.4, -0.2) is 62.0 Å². The number of thiophene rings is 1. The Morgan fingerprint density at radius 3 is 2.76 bits per heavy atom. The minimum atomic E-state index is -2.94. The quantitative estimate of drug-likeness (QED) is 0.573. The maximum absolute atomic E-state index is 12.3. The normalized spacial score (nSPS) is 20.1. The molecule has 0 unspecified atom stereocenters. The Hall–Kier alpha value is -2.20. The summed E-state index contributed by atoms with van der Waals surface area (Å²) in [6.07, 6.45) is 4.18. The summed E-state index contributed by atoms with van der Waals surface area (Å²) < 4.78 is 29.4. The molecule has 0 saturated carbocycles. The van der Waals surface area contributed by atoms with E-state index in [0.29, 0.717) is 18.4 Å². The summed E-state index contributed by atoms with van der Waals surface area (Å²) >= 11 is 1.73. The molecule has 0 spiro atoms. The van der Waals surface area contributed by atoms with E-state index in [1.807, 2.05) is 12.3 Å². The minimum Gasteiger partial charge on any atom is -0.380 e. The Balaban J connectivity index is 1.47. The molecule has 1 aromatic carbocycles. The van der Waals surface area contributed by atoms with Crippen molar-refractivity contribution < 1.29 is 17.9 Å². The molecule has 0 bridgehead atoms. The number of hydrogen-bond acceptors (Lipinski definition) is 6. The average Bonchev–Trinajstić information content (AvgIpc) is 3.34. The monoisotopic (exact) mass is 487 g/mol. The summed E-state index contributed by atoms with van der Waals surface area (Å²) in [5.74, 6) is 0.104. The van der Waals surface area contributed by atoms with Crippen molar-refractivity contribution in [3.8, 4) is 11.1 Å². The Kier molecular flexibility index (Phi) is 6.30. The van der Waals surface area contributed by atoms with Crippen molar-refractivity contribution in [1.82, 2.24) is 9.88 Å². The van der Waals surface area contributed by atoms with Gasteiger partial charge in [-0.2, -0.15) is 0 Å². The van der Waals surface area contributed by atoms with Gasteiger partial charge in [-0.15, -0.1) is 11.3 Å². The fourth-order valence-corrected chi connectivity index (χ4v) is 7.37. The van der Waals surface area contributed by atoms with Gasteiger partial charge in [0.25, 0.3) is 5.91 Å². The summed E-state index contributed by atoms with van der Waals surface area (Å²) in [5, 5.41) is 3.10. The molecule has 33 heavy (non-hydrogen) atoms. The lowest BCUT2D eigenvalue weighted by Crippen LogP contribution is -2.25. The molecule has 1 amide bonds. The molecule has 2 saturated heterocycles. The zero-order chi connectivity index (χ0) is 23.0. The highest BCUT2D eigenvalue weighted by Crippen LogP contribution is 2.38. The number of aromatic nitrogens is 1. The van der Waals surface area contributed by atoms with Crippen LogP contribution in [0, 0.1) is 0 Å². The number of H-pyrrole nitrogens is 1. The summed E-state index contributed by atoms with van der Waals surface area (Å²) in [7, 11) is -2.94. The first-order chi connectivity index (χ1) is 15.9. The van der Waals surface area contributed by atoms with Crippen LogP contribution in [0.2, 0.25) is 0 Å². The molecule has 2 fully saturated rings. The fourth-order valence-electron chi connectivity index (χ4n) is 4.94. The van der Waals surface area contributed by atoms with E-state index in [-0.39, 0.29) is 17.4 Å². The predicted molar refractivity (Wildman–Crippen MR) is 131 cm³/mol. The van der Waals surface area contributed by atoms with E-state index >= 15 is 0 Å². The number of fused-ring (bicyclic) bond motifs is 1. The van der Waals surface area contributed by atoms with Gasteiger partial charge in [-0.1, -0.05) is 0 Å². The smallest absolute Gasteiger partial charge is 0.250 e. The summed E-state index contributed by atoms with van der Waals surface area (Å²) in [6.45, 7) is 4.47. The van der Waals surface area contributed by atoms with Crippen LogP contribution in [0.1, 0.15) is 46.0 Å². The molecule has 0 atom stereocenters. The van der Waals surface area contributed by atoms with E-state index in [4.69, 9.17) is 10.5 Å². The van der Waals surface area contributed by atoms with Crippen molar-refractivity contribution in [1.29, 1.82) is 0 Å². The SMILES string of the molecule is NC(=O)c1cc(-c2csc(CN3CCCOCC3)c2)cc2c(C3CCS(=O)(=O)CC3)c[nH]c12. The summed E-state index contributed by atoms with van der Waals surface area (Å²) in [4.78, 5) is 19.2. The summed E-state index contributed by atoms with van der Waals surface area (Å²) in [6, 6.07) is 6.17. The third-order valence-electron chi connectivity index (χ3n) is 6.76. The van der Waals surface area contributed by atoms with Gasteiger partial charge in [0.2, 0.25) is 0 Å². The van der Waals surface area contributed by atoms with Gasteiger partial charge in [0.1, 0.15) is 9.84 Å². The Bertz CT molecular complexity index is 1260. The molecular formula is C24H29N3O4S2. The Morgan fingerprint density at radius 2 is 1.97 bits per heavy atom. The standard InChI is InChI=1S/C24H29N3O4S2/c25-24(28)21-12-17(18-10-19(32-15-18)14-27-4-1-6-31-7-5-27)11-20-22(13-26-23(20)21)16-2-8-33(29,30)9-3-16/h10-13,15-16,26H,1-9,14H2,(H2,25,28). The van der Waals surface area contributed by atoms with Crippen LogP contribution in [0.4, 0.5) is 0 Å². The van der Waals surface area contributed by atoms with Gasteiger partial charge >= 0.3 is 0 Å². The first kappa shape index (κ1) is 22.6. The van der Waals surface area contributed by atoms with Gasteiger partial charge in [0.05, 0.1) is 29.2 Å². The molecule has 9 heteroatoms. The maximum atomic E-state index is 12.3. The molecule has 176 valence electrons. The number of nitrogens with one attached hydrogen (secondary N) is 1. The van der Waals surface area contributed by atoms with Gasteiger partial charge in [0.15, 0.2) is 0 Å². The van der Waals surface area contributed by atoms with E-state index < -0.39 is 15.7 Å². The number of hydrogen-bond donors (Lipinski definition) is 2. The van der Waals surface area contributed by atoms with Gasteiger partial charge in [-0.3, -0.25) is 9.69 Å². The first-order valence-corrected chi connectivity index (χ1v) is 14.1. The van der Waals surface area contributed by atoms with Gasteiger partial charge in [-0.25, -0.2) is 8.42 Å². The Labute approximate surface area is 197 Å².